The first-order chi connectivity index (χ1) is 8.04. The molecule has 0 saturated carbocycles. The molecule has 0 radical (unpaired) electrons. The lowest BCUT2D eigenvalue weighted by atomic mass is 10.1. The number of hydrogen-bond donors (Lipinski definition) is 2. The molecule has 1 atom stereocenters. The van der Waals surface area contributed by atoms with Crippen LogP contribution in [0.4, 0.5) is 0 Å². The molecular formula is C11H18N2O4. The number of nitrogens with zero attached hydrogens (tertiary/aromatic N) is 1. The van der Waals surface area contributed by atoms with E-state index in [0.29, 0.717) is 13.1 Å². The molecule has 1 fully saturated rings. The number of hydrogen-bond acceptors (Lipinski definition) is 3. The van der Waals surface area contributed by atoms with Gasteiger partial charge in [0.2, 0.25) is 11.8 Å². The quantitative estimate of drug-likeness (QED) is 0.677. The number of amides is 2. The van der Waals surface area contributed by atoms with Gasteiger partial charge in [-0.05, 0) is 6.42 Å². The molecule has 1 unspecified atom stereocenters. The van der Waals surface area contributed by atoms with E-state index in [4.69, 9.17) is 5.11 Å². The van der Waals surface area contributed by atoms with Crippen LogP contribution in [0.2, 0.25) is 0 Å². The van der Waals surface area contributed by atoms with Crippen molar-refractivity contribution in [3.8, 4) is 0 Å². The van der Waals surface area contributed by atoms with Crippen molar-refractivity contribution in [2.45, 2.75) is 26.2 Å². The monoisotopic (exact) mass is 242 g/mol. The van der Waals surface area contributed by atoms with Crippen LogP contribution in [-0.2, 0) is 14.4 Å². The first kappa shape index (κ1) is 13.5. The molecule has 1 aliphatic rings. The third kappa shape index (κ3) is 4.05. The fourth-order valence-corrected chi connectivity index (χ4v) is 1.82. The van der Waals surface area contributed by atoms with Crippen LogP contribution in [0, 0.1) is 5.92 Å². The third-order valence-electron chi connectivity index (χ3n) is 2.78. The minimum atomic E-state index is -1.08. The number of unbranched alkanes of at least 4 members (excludes halogenated alkanes) is 1. The maximum absolute atomic E-state index is 11.6. The van der Waals surface area contributed by atoms with E-state index in [0.717, 1.165) is 12.8 Å². The molecule has 0 spiro atoms. The average molecular weight is 242 g/mol. The molecule has 0 aliphatic carbocycles. The van der Waals surface area contributed by atoms with Gasteiger partial charge in [-0.25, -0.2) is 0 Å². The van der Waals surface area contributed by atoms with E-state index in [-0.39, 0.29) is 18.2 Å². The minimum Gasteiger partial charge on any atom is -0.480 e. The van der Waals surface area contributed by atoms with Crippen molar-refractivity contribution < 1.29 is 19.5 Å². The normalized spacial score (nSPS) is 19.5. The van der Waals surface area contributed by atoms with Crippen LogP contribution in [0.3, 0.4) is 0 Å². The highest BCUT2D eigenvalue weighted by molar-refractivity contribution is 5.90. The maximum Gasteiger partial charge on any atom is 0.322 e. The molecule has 0 aromatic rings. The van der Waals surface area contributed by atoms with Crippen molar-refractivity contribution in [3.05, 3.63) is 0 Å². The summed E-state index contributed by atoms with van der Waals surface area (Å²) in [6.07, 6.45) is 2.12. The molecule has 2 amide bonds. The Bertz CT molecular complexity index is 317. The highest BCUT2D eigenvalue weighted by atomic mass is 16.4. The van der Waals surface area contributed by atoms with Crippen LogP contribution in [0.15, 0.2) is 0 Å². The second-order valence-corrected chi connectivity index (χ2v) is 4.21. The van der Waals surface area contributed by atoms with Crippen LogP contribution >= 0.6 is 0 Å². The van der Waals surface area contributed by atoms with E-state index in [9.17, 15) is 14.4 Å². The van der Waals surface area contributed by atoms with Gasteiger partial charge in [0.1, 0.15) is 6.54 Å². The smallest absolute Gasteiger partial charge is 0.322 e. The molecule has 2 N–H and O–H groups in total. The van der Waals surface area contributed by atoms with Gasteiger partial charge >= 0.3 is 5.97 Å². The second kappa shape index (κ2) is 6.22. The van der Waals surface area contributed by atoms with Gasteiger partial charge in [-0.2, -0.15) is 0 Å². The molecule has 0 bridgehead atoms. The highest BCUT2D eigenvalue weighted by Crippen LogP contribution is 2.18. The van der Waals surface area contributed by atoms with Crippen molar-refractivity contribution in [1.82, 2.24) is 10.2 Å². The Kier molecular flexibility index (Phi) is 4.93. The summed E-state index contributed by atoms with van der Waals surface area (Å²) in [6, 6.07) is 0. The zero-order valence-electron chi connectivity index (χ0n) is 9.94. The van der Waals surface area contributed by atoms with Crippen molar-refractivity contribution in [3.63, 3.8) is 0 Å². The van der Waals surface area contributed by atoms with Crippen LogP contribution in [0.5, 0.6) is 0 Å². The van der Waals surface area contributed by atoms with Gasteiger partial charge in [-0.15, -0.1) is 0 Å². The van der Waals surface area contributed by atoms with Crippen LogP contribution in [-0.4, -0.2) is 47.4 Å². The maximum atomic E-state index is 11.6. The number of nitrogens with one attached hydrogen (secondary N) is 1. The summed E-state index contributed by atoms with van der Waals surface area (Å²) in [5.41, 5.74) is 0. The lowest BCUT2D eigenvalue weighted by Crippen LogP contribution is -2.36. The summed E-state index contributed by atoms with van der Waals surface area (Å²) in [6.45, 7) is 2.73. The van der Waals surface area contributed by atoms with Gasteiger partial charge < -0.3 is 15.3 Å². The van der Waals surface area contributed by atoms with E-state index in [1.165, 1.54) is 0 Å². The topological polar surface area (TPSA) is 86.7 Å². The van der Waals surface area contributed by atoms with Crippen molar-refractivity contribution >= 4 is 17.8 Å². The van der Waals surface area contributed by atoms with Gasteiger partial charge in [-0.3, -0.25) is 14.4 Å². The molecule has 1 heterocycles. The molecule has 96 valence electrons. The van der Waals surface area contributed by atoms with Crippen molar-refractivity contribution in [1.29, 1.82) is 0 Å². The van der Waals surface area contributed by atoms with Crippen LogP contribution in [0.1, 0.15) is 26.2 Å². The van der Waals surface area contributed by atoms with Gasteiger partial charge in [0.05, 0.1) is 5.92 Å². The Balaban J connectivity index is 2.39. The number of carboxylic acid groups (broad SMARTS) is 1. The Morgan fingerprint density at radius 3 is 2.82 bits per heavy atom. The van der Waals surface area contributed by atoms with Crippen LogP contribution in [0.25, 0.3) is 0 Å². The number of likely N-dealkylation sites (tertiary alicyclic amines) is 1. The fourth-order valence-electron chi connectivity index (χ4n) is 1.82. The van der Waals surface area contributed by atoms with E-state index >= 15 is 0 Å². The molecule has 1 aliphatic heterocycles. The summed E-state index contributed by atoms with van der Waals surface area (Å²) < 4.78 is 0. The summed E-state index contributed by atoms with van der Waals surface area (Å²) >= 11 is 0. The SMILES string of the molecule is CCCCN1CC(C(=O)NCC(=O)O)CC1=O. The number of carbonyl (C=O) groups excluding carboxylic acids is 2. The van der Waals surface area contributed by atoms with Gasteiger partial charge in [0.25, 0.3) is 0 Å². The fraction of sp³-hybridized carbons (Fsp3) is 0.727. The lowest BCUT2D eigenvalue weighted by Gasteiger charge is -2.15. The first-order valence-electron chi connectivity index (χ1n) is 5.81. The number of rotatable bonds is 6. The largest absolute Gasteiger partial charge is 0.480 e. The number of carboxylic acids is 1. The number of aliphatic carboxylic acids is 1. The highest BCUT2D eigenvalue weighted by Gasteiger charge is 2.33. The predicted molar refractivity (Wildman–Crippen MR) is 60.2 cm³/mol. The second-order valence-electron chi connectivity index (χ2n) is 4.21. The van der Waals surface area contributed by atoms with Gasteiger partial charge in [0, 0.05) is 19.5 Å². The molecule has 0 aromatic heterocycles. The lowest BCUT2D eigenvalue weighted by molar-refractivity contribution is -0.138. The molecule has 6 heteroatoms. The first-order valence-corrected chi connectivity index (χ1v) is 5.81. The Labute approximate surface area is 100.0 Å². The average Bonchev–Trinajstić information content (AvgIpc) is 2.65. The molecular weight excluding hydrogens is 224 g/mol. The zero-order chi connectivity index (χ0) is 12.8. The van der Waals surface area contributed by atoms with E-state index in [1.807, 2.05) is 6.92 Å². The predicted octanol–water partition coefficient (Wildman–Crippen LogP) is -0.164. The summed E-state index contributed by atoms with van der Waals surface area (Å²) in [5, 5.41) is 10.7. The Morgan fingerprint density at radius 1 is 1.53 bits per heavy atom. The van der Waals surface area contributed by atoms with E-state index < -0.39 is 18.4 Å². The van der Waals surface area contributed by atoms with E-state index in [1.54, 1.807) is 4.90 Å². The van der Waals surface area contributed by atoms with Crippen LogP contribution < -0.4 is 5.32 Å². The molecule has 6 nitrogen and oxygen atoms in total. The summed E-state index contributed by atoms with van der Waals surface area (Å²) in [4.78, 5) is 35.1. The molecule has 0 aromatic carbocycles. The Hall–Kier alpha value is -1.59. The standard InChI is InChI=1S/C11H18N2O4/c1-2-3-4-13-7-8(5-9(13)14)11(17)12-6-10(15)16/h8H,2-7H2,1H3,(H,12,17)(H,15,16). The number of carbonyl (C=O) groups is 3. The molecule has 1 rings (SSSR count). The van der Waals surface area contributed by atoms with Gasteiger partial charge in [0.15, 0.2) is 0 Å². The summed E-state index contributed by atoms with van der Waals surface area (Å²) in [7, 11) is 0. The van der Waals surface area contributed by atoms with Crippen molar-refractivity contribution in [2.75, 3.05) is 19.6 Å². The van der Waals surface area contributed by atoms with Crippen molar-refractivity contribution in [2.24, 2.45) is 5.92 Å². The minimum absolute atomic E-state index is 0.0195. The van der Waals surface area contributed by atoms with E-state index in [2.05, 4.69) is 5.32 Å². The third-order valence-corrected chi connectivity index (χ3v) is 2.78. The molecule has 1 saturated heterocycles. The summed E-state index contributed by atoms with van der Waals surface area (Å²) in [5.74, 6) is -1.85. The van der Waals surface area contributed by atoms with Gasteiger partial charge in [-0.1, -0.05) is 13.3 Å². The zero-order valence-corrected chi connectivity index (χ0v) is 9.94. The molecule has 17 heavy (non-hydrogen) atoms. The Morgan fingerprint density at radius 2 is 2.24 bits per heavy atom.